The lowest BCUT2D eigenvalue weighted by Gasteiger charge is -2.34. The zero-order chi connectivity index (χ0) is 16.0. The summed E-state index contributed by atoms with van der Waals surface area (Å²) in [6.45, 7) is 2.65. The van der Waals surface area contributed by atoms with Crippen LogP contribution in [0.4, 0.5) is 0 Å². The molecule has 2 aliphatic rings. The largest absolute Gasteiger partial charge is 0.479 e. The van der Waals surface area contributed by atoms with Crippen molar-refractivity contribution in [2.24, 2.45) is 0 Å². The molecule has 0 amide bonds. The monoisotopic (exact) mass is 315 g/mol. The molecule has 0 radical (unpaired) electrons. The van der Waals surface area contributed by atoms with E-state index in [0.717, 1.165) is 38.8 Å². The van der Waals surface area contributed by atoms with Crippen molar-refractivity contribution in [1.29, 1.82) is 0 Å². The summed E-state index contributed by atoms with van der Waals surface area (Å²) in [5, 5.41) is 18.9. The first-order valence-electron chi connectivity index (χ1n) is 8.03. The van der Waals surface area contributed by atoms with Crippen LogP contribution in [-0.4, -0.2) is 65.2 Å². The molecule has 1 unspecified atom stereocenters. The average Bonchev–Trinajstić information content (AvgIpc) is 2.53. The summed E-state index contributed by atoms with van der Waals surface area (Å²) in [5.74, 6) is -2.91. The van der Waals surface area contributed by atoms with Gasteiger partial charge in [-0.1, -0.05) is 6.42 Å². The summed E-state index contributed by atoms with van der Waals surface area (Å²) in [7, 11) is 0. The van der Waals surface area contributed by atoms with E-state index < -0.39 is 23.8 Å². The fraction of sp³-hybridized carbons (Fsp3) is 0.867. The van der Waals surface area contributed by atoms with Crippen LogP contribution in [0.3, 0.4) is 0 Å². The molecular formula is C15H25NO6. The van der Waals surface area contributed by atoms with E-state index in [-0.39, 0.29) is 6.42 Å². The van der Waals surface area contributed by atoms with Crippen LogP contribution >= 0.6 is 0 Å². The average molecular weight is 315 g/mol. The van der Waals surface area contributed by atoms with Gasteiger partial charge in [-0.25, -0.2) is 9.59 Å². The molecule has 2 aliphatic heterocycles. The van der Waals surface area contributed by atoms with Crippen LogP contribution < -0.4 is 0 Å². The molecule has 2 rings (SSSR count). The molecule has 7 nitrogen and oxygen atoms in total. The van der Waals surface area contributed by atoms with E-state index in [1.807, 2.05) is 0 Å². The lowest BCUT2D eigenvalue weighted by atomic mass is 9.98. The maximum absolute atomic E-state index is 11.6. The van der Waals surface area contributed by atoms with E-state index >= 15 is 0 Å². The minimum absolute atomic E-state index is 0.0719. The Kier molecular flexibility index (Phi) is 6.16. The van der Waals surface area contributed by atoms with Crippen LogP contribution in [0.1, 0.15) is 44.9 Å². The van der Waals surface area contributed by atoms with Crippen molar-refractivity contribution < 1.29 is 29.3 Å². The molecule has 2 heterocycles. The number of carboxylic acids is 2. The van der Waals surface area contributed by atoms with E-state index in [1.165, 1.54) is 6.42 Å². The molecule has 0 spiro atoms. The van der Waals surface area contributed by atoms with Gasteiger partial charge in [0.2, 0.25) is 0 Å². The van der Waals surface area contributed by atoms with Gasteiger partial charge in [0.25, 0.3) is 5.60 Å². The first kappa shape index (κ1) is 17.2. The Morgan fingerprint density at radius 2 is 1.77 bits per heavy atom. The number of likely N-dealkylation sites (tertiary alicyclic amines) is 1. The van der Waals surface area contributed by atoms with Crippen molar-refractivity contribution in [2.75, 3.05) is 26.2 Å². The third-order valence-electron chi connectivity index (χ3n) is 4.39. The molecule has 2 N–H and O–H groups in total. The van der Waals surface area contributed by atoms with Gasteiger partial charge in [-0.05, 0) is 45.2 Å². The smallest absolute Gasteiger partial charge is 0.348 e. The van der Waals surface area contributed by atoms with Crippen LogP contribution in [0.5, 0.6) is 0 Å². The number of hydrogen-bond acceptors (Lipinski definition) is 5. The standard InChI is InChI=1S/C15H25NO6/c17-13(18)15(14(19)20,22-12-6-2-5-11-21-12)7-10-16-8-3-1-4-9-16/h12H,1-11H2,(H,17,18)(H,19,20). The Hall–Kier alpha value is -1.18. The third kappa shape index (κ3) is 4.18. The molecular weight excluding hydrogens is 290 g/mol. The first-order valence-corrected chi connectivity index (χ1v) is 8.03. The second-order valence-electron chi connectivity index (χ2n) is 6.00. The van der Waals surface area contributed by atoms with Gasteiger partial charge in [-0.15, -0.1) is 0 Å². The molecule has 0 aromatic carbocycles. The van der Waals surface area contributed by atoms with Gasteiger partial charge >= 0.3 is 11.9 Å². The second kappa shape index (κ2) is 7.89. The highest BCUT2D eigenvalue weighted by molar-refractivity contribution is 6.01. The topological polar surface area (TPSA) is 96.3 Å². The van der Waals surface area contributed by atoms with Crippen LogP contribution in [0, 0.1) is 0 Å². The van der Waals surface area contributed by atoms with Crippen LogP contribution in [0.25, 0.3) is 0 Å². The van der Waals surface area contributed by atoms with Crippen molar-refractivity contribution in [2.45, 2.75) is 56.8 Å². The number of rotatable bonds is 7. The van der Waals surface area contributed by atoms with Gasteiger partial charge in [0, 0.05) is 19.6 Å². The number of carbonyl (C=O) groups is 2. The van der Waals surface area contributed by atoms with Crippen molar-refractivity contribution in [3.05, 3.63) is 0 Å². The van der Waals surface area contributed by atoms with E-state index in [9.17, 15) is 19.8 Å². The lowest BCUT2D eigenvalue weighted by Crippen LogP contribution is -2.54. The fourth-order valence-corrected chi connectivity index (χ4v) is 2.99. The molecule has 7 heteroatoms. The maximum Gasteiger partial charge on any atom is 0.348 e. The third-order valence-corrected chi connectivity index (χ3v) is 4.39. The van der Waals surface area contributed by atoms with Gasteiger partial charge in [-0.2, -0.15) is 0 Å². The molecule has 0 bridgehead atoms. The van der Waals surface area contributed by atoms with Crippen LogP contribution in [0.15, 0.2) is 0 Å². The maximum atomic E-state index is 11.6. The quantitative estimate of drug-likeness (QED) is 0.684. The summed E-state index contributed by atoms with van der Waals surface area (Å²) in [6, 6.07) is 0. The summed E-state index contributed by atoms with van der Waals surface area (Å²) < 4.78 is 10.8. The van der Waals surface area contributed by atoms with E-state index in [2.05, 4.69) is 4.90 Å². The van der Waals surface area contributed by atoms with Gasteiger partial charge < -0.3 is 24.6 Å². The molecule has 0 aliphatic carbocycles. The van der Waals surface area contributed by atoms with Crippen molar-refractivity contribution in [1.82, 2.24) is 4.90 Å². The highest BCUT2D eigenvalue weighted by Gasteiger charge is 2.50. The number of nitrogens with zero attached hydrogens (tertiary/aromatic N) is 1. The lowest BCUT2D eigenvalue weighted by molar-refractivity contribution is -0.238. The van der Waals surface area contributed by atoms with Gasteiger partial charge in [0.15, 0.2) is 6.29 Å². The zero-order valence-corrected chi connectivity index (χ0v) is 12.8. The molecule has 0 aromatic rings. The van der Waals surface area contributed by atoms with Crippen LogP contribution in [-0.2, 0) is 19.1 Å². The van der Waals surface area contributed by atoms with E-state index in [4.69, 9.17) is 9.47 Å². The highest BCUT2D eigenvalue weighted by Crippen LogP contribution is 2.26. The Balaban J connectivity index is 2.02. The van der Waals surface area contributed by atoms with Crippen LogP contribution in [0.2, 0.25) is 0 Å². The molecule has 0 aromatic heterocycles. The van der Waals surface area contributed by atoms with Gasteiger partial charge in [0.05, 0.1) is 0 Å². The Bertz CT molecular complexity index is 373. The number of hydrogen-bond donors (Lipinski definition) is 2. The minimum Gasteiger partial charge on any atom is -0.479 e. The van der Waals surface area contributed by atoms with E-state index in [1.54, 1.807) is 0 Å². The number of carboxylic acid groups (broad SMARTS) is 2. The molecule has 126 valence electrons. The summed E-state index contributed by atoms with van der Waals surface area (Å²) >= 11 is 0. The molecule has 0 saturated carbocycles. The molecule has 1 atom stereocenters. The number of ether oxygens (including phenoxy) is 2. The minimum atomic E-state index is -2.22. The SMILES string of the molecule is O=C(O)C(CCN1CCCCC1)(OC1CCCCO1)C(=O)O. The Morgan fingerprint density at radius 3 is 2.32 bits per heavy atom. The van der Waals surface area contributed by atoms with Gasteiger partial charge in [-0.3, -0.25) is 0 Å². The van der Waals surface area contributed by atoms with Gasteiger partial charge in [0.1, 0.15) is 0 Å². The second-order valence-corrected chi connectivity index (χ2v) is 6.00. The first-order chi connectivity index (χ1) is 10.5. The summed E-state index contributed by atoms with van der Waals surface area (Å²) in [6.07, 6.45) is 4.77. The Morgan fingerprint density at radius 1 is 1.09 bits per heavy atom. The highest BCUT2D eigenvalue weighted by atomic mass is 16.7. The predicted molar refractivity (Wildman–Crippen MR) is 77.6 cm³/mol. The summed E-state index contributed by atoms with van der Waals surface area (Å²) in [4.78, 5) is 25.4. The number of piperidine rings is 1. The molecule has 2 fully saturated rings. The summed E-state index contributed by atoms with van der Waals surface area (Å²) in [5.41, 5.74) is -2.22. The molecule has 2 saturated heterocycles. The van der Waals surface area contributed by atoms with Crippen molar-refractivity contribution in [3.8, 4) is 0 Å². The molecule has 22 heavy (non-hydrogen) atoms. The van der Waals surface area contributed by atoms with E-state index in [0.29, 0.717) is 19.6 Å². The van der Waals surface area contributed by atoms with Crippen molar-refractivity contribution >= 4 is 11.9 Å². The fourth-order valence-electron chi connectivity index (χ4n) is 2.99. The van der Waals surface area contributed by atoms with Crippen molar-refractivity contribution in [3.63, 3.8) is 0 Å². The number of aliphatic carboxylic acids is 2. The predicted octanol–water partition coefficient (Wildman–Crippen LogP) is 1.31. The zero-order valence-electron chi connectivity index (χ0n) is 12.8. The normalized spacial score (nSPS) is 24.1. The Labute approximate surface area is 130 Å².